The number of rotatable bonds is 13. The van der Waals surface area contributed by atoms with Crippen LogP contribution in [0.1, 0.15) is 84.0 Å². The molecule has 0 aromatic carbocycles. The Hall–Kier alpha value is 0.470. The summed E-state index contributed by atoms with van der Waals surface area (Å²) in [6, 6.07) is 0. The van der Waals surface area contributed by atoms with E-state index in [1.165, 1.54) is 57.8 Å². The second kappa shape index (κ2) is 18.5. The first-order chi connectivity index (χ1) is 8.77. The van der Waals surface area contributed by atoms with Gasteiger partial charge in [0.15, 0.2) is 0 Å². The third-order valence-electron chi connectivity index (χ3n) is 3.15. The van der Waals surface area contributed by atoms with Crippen LogP contribution in [0.2, 0.25) is 0 Å². The Labute approximate surface area is 149 Å². The van der Waals surface area contributed by atoms with Crippen molar-refractivity contribution in [2.75, 3.05) is 0 Å². The van der Waals surface area contributed by atoms with Crippen molar-refractivity contribution in [1.82, 2.24) is 0 Å². The van der Waals surface area contributed by atoms with E-state index in [0.717, 1.165) is 12.8 Å². The van der Waals surface area contributed by atoms with Crippen molar-refractivity contribution in [2.24, 2.45) is 0 Å². The molecule has 117 valence electrons. The zero-order valence-electron chi connectivity index (χ0n) is 12.3. The molecule has 19 heavy (non-hydrogen) atoms. The van der Waals surface area contributed by atoms with Crippen molar-refractivity contribution >= 4 is 5.97 Å². The molecule has 2 nitrogen and oxygen atoms in total. The number of allylic oxidation sites excluding steroid dienone is 2. The first-order valence-corrected chi connectivity index (χ1v) is 7.64. The van der Waals surface area contributed by atoms with Gasteiger partial charge in [-0.1, -0.05) is 57.6 Å². The van der Waals surface area contributed by atoms with Crippen LogP contribution in [0.4, 0.5) is 0 Å². The predicted molar refractivity (Wildman–Crippen MR) is 77.9 cm³/mol. The summed E-state index contributed by atoms with van der Waals surface area (Å²) < 4.78 is 0. The van der Waals surface area contributed by atoms with Crippen LogP contribution in [0.15, 0.2) is 12.2 Å². The summed E-state index contributed by atoms with van der Waals surface area (Å²) in [7, 11) is 0. The van der Waals surface area contributed by atoms with Gasteiger partial charge in [-0.05, 0) is 32.1 Å². The summed E-state index contributed by atoms with van der Waals surface area (Å²) in [6.45, 7) is 2.24. The molecule has 0 saturated carbocycles. The number of aliphatic carboxylic acids is 1. The molecule has 1 radical (unpaired) electrons. The van der Waals surface area contributed by atoms with Crippen LogP contribution in [0.3, 0.4) is 0 Å². The molecule has 0 amide bonds. The maximum absolute atomic E-state index is 10.3. The Morgan fingerprint density at radius 2 is 1.32 bits per heavy atom. The van der Waals surface area contributed by atoms with Crippen molar-refractivity contribution in [3.63, 3.8) is 0 Å². The third-order valence-corrected chi connectivity index (χ3v) is 3.15. The molecule has 0 heterocycles. The van der Waals surface area contributed by atoms with Gasteiger partial charge in [0, 0.05) is 44.2 Å². The summed E-state index contributed by atoms with van der Waals surface area (Å²) >= 11 is 0. The molecular weight excluding hydrogens is 389 g/mol. The average molecular weight is 419 g/mol. The number of hydrogen-bond donors (Lipinski definition) is 1. The minimum absolute atomic E-state index is 0. The van der Waals surface area contributed by atoms with Gasteiger partial charge in [0.2, 0.25) is 0 Å². The van der Waals surface area contributed by atoms with E-state index in [9.17, 15) is 4.79 Å². The van der Waals surface area contributed by atoms with Crippen LogP contribution in [-0.2, 0) is 4.79 Å². The monoisotopic (exact) mass is 419 g/mol. The molecule has 0 aromatic heterocycles. The van der Waals surface area contributed by atoms with Gasteiger partial charge < -0.3 is 5.11 Å². The second-order valence-corrected chi connectivity index (χ2v) is 5.02. The largest absolute Gasteiger partial charge is 0.481 e. The van der Waals surface area contributed by atoms with Crippen LogP contribution >= 0.6 is 0 Å². The van der Waals surface area contributed by atoms with Gasteiger partial charge in [-0.15, -0.1) is 0 Å². The Morgan fingerprint density at radius 3 is 1.84 bits per heavy atom. The van der Waals surface area contributed by atoms with Crippen LogP contribution in [0.5, 0.6) is 0 Å². The van der Waals surface area contributed by atoms with Gasteiger partial charge in [0.1, 0.15) is 0 Å². The predicted octanol–water partition coefficient (Wildman–Crippen LogP) is 5.33. The van der Waals surface area contributed by atoms with Crippen molar-refractivity contribution in [2.45, 2.75) is 84.0 Å². The van der Waals surface area contributed by atoms with Crippen LogP contribution < -0.4 is 0 Å². The zero-order valence-corrected chi connectivity index (χ0v) is 14.2. The minimum Gasteiger partial charge on any atom is -0.481 e. The molecule has 0 aliphatic rings. The molecule has 0 aliphatic heterocycles. The quantitative estimate of drug-likeness (QED) is 0.249. The summed E-state index contributed by atoms with van der Waals surface area (Å²) in [6.07, 6.45) is 18.3. The summed E-state index contributed by atoms with van der Waals surface area (Å²) in [5.74, 6) is -0.666. The summed E-state index contributed by atoms with van der Waals surface area (Å²) in [5, 5.41) is 8.48. The summed E-state index contributed by atoms with van der Waals surface area (Å²) in [4.78, 5) is 10.3. The van der Waals surface area contributed by atoms with E-state index in [2.05, 4.69) is 19.1 Å². The normalized spacial score (nSPS) is 10.6. The fourth-order valence-corrected chi connectivity index (χ4v) is 1.99. The molecular formula is C16H30HoO2. The number of carboxylic acids is 1. The van der Waals surface area contributed by atoms with E-state index in [4.69, 9.17) is 5.11 Å². The van der Waals surface area contributed by atoms with E-state index in [1.54, 1.807) is 0 Å². The Balaban J connectivity index is 0. The van der Waals surface area contributed by atoms with E-state index in [-0.39, 0.29) is 37.7 Å². The van der Waals surface area contributed by atoms with Gasteiger partial charge in [-0.3, -0.25) is 4.79 Å². The smallest absolute Gasteiger partial charge is 0.303 e. The van der Waals surface area contributed by atoms with Gasteiger partial charge in [-0.2, -0.15) is 0 Å². The van der Waals surface area contributed by atoms with E-state index in [1.807, 2.05) is 0 Å². The zero-order chi connectivity index (χ0) is 13.5. The maximum atomic E-state index is 10.3. The Morgan fingerprint density at radius 1 is 0.842 bits per heavy atom. The topological polar surface area (TPSA) is 37.3 Å². The molecule has 0 unspecified atom stereocenters. The molecule has 3 heteroatoms. The van der Waals surface area contributed by atoms with Gasteiger partial charge in [-0.25, -0.2) is 0 Å². The average Bonchev–Trinajstić information content (AvgIpc) is 2.34. The van der Waals surface area contributed by atoms with E-state index < -0.39 is 5.97 Å². The van der Waals surface area contributed by atoms with Crippen LogP contribution in [0, 0.1) is 37.7 Å². The van der Waals surface area contributed by atoms with Gasteiger partial charge in [0.25, 0.3) is 0 Å². The Bertz CT molecular complexity index is 215. The molecule has 1 N–H and O–H groups in total. The molecule has 0 aromatic rings. The minimum atomic E-state index is -0.666. The summed E-state index contributed by atoms with van der Waals surface area (Å²) in [5.41, 5.74) is 0. The third kappa shape index (κ3) is 20.9. The SMILES string of the molecule is CCCCCC/C=C\CCCCCCCC(=O)O.[Ho]. The Kier molecular flexibility index (Phi) is 21.2. The first kappa shape index (κ1) is 21.8. The molecule has 0 aliphatic carbocycles. The van der Waals surface area contributed by atoms with E-state index >= 15 is 0 Å². The maximum Gasteiger partial charge on any atom is 0.303 e. The van der Waals surface area contributed by atoms with Crippen molar-refractivity contribution in [3.8, 4) is 0 Å². The van der Waals surface area contributed by atoms with Crippen LogP contribution in [-0.4, -0.2) is 11.1 Å². The standard InChI is InChI=1S/C16H30O2.Ho/c1-2-3-4-5-6-7-8-9-10-11-12-13-14-15-16(17)18;/h7-8H,2-6,9-15H2,1H3,(H,17,18);/b8-7-;. The van der Waals surface area contributed by atoms with Crippen molar-refractivity contribution < 1.29 is 47.6 Å². The van der Waals surface area contributed by atoms with Crippen LogP contribution in [0.25, 0.3) is 0 Å². The molecule has 0 spiro atoms. The molecule has 0 bridgehead atoms. The van der Waals surface area contributed by atoms with Gasteiger partial charge in [0.05, 0.1) is 0 Å². The molecule has 0 atom stereocenters. The molecule has 0 fully saturated rings. The molecule has 0 saturated heterocycles. The molecule has 0 rings (SSSR count). The number of unbranched alkanes of at least 4 members (excludes halogenated alkanes) is 9. The number of carboxylic acid groups (broad SMARTS) is 1. The second-order valence-electron chi connectivity index (χ2n) is 5.02. The van der Waals surface area contributed by atoms with Crippen molar-refractivity contribution in [1.29, 1.82) is 0 Å². The fraction of sp³-hybridized carbons (Fsp3) is 0.812. The fourth-order valence-electron chi connectivity index (χ4n) is 1.99. The van der Waals surface area contributed by atoms with E-state index in [0.29, 0.717) is 6.42 Å². The number of hydrogen-bond acceptors (Lipinski definition) is 1. The van der Waals surface area contributed by atoms with Gasteiger partial charge >= 0.3 is 5.97 Å². The first-order valence-electron chi connectivity index (χ1n) is 7.64. The van der Waals surface area contributed by atoms with Crippen molar-refractivity contribution in [3.05, 3.63) is 12.2 Å². The number of carbonyl (C=O) groups is 1.